The average molecular weight is 244 g/mol. The van der Waals surface area contributed by atoms with E-state index < -0.39 is 25.0 Å². The topological polar surface area (TPSA) is 29.5 Å². The number of halogens is 3. The van der Waals surface area contributed by atoms with Gasteiger partial charge in [0, 0.05) is 0 Å². The van der Waals surface area contributed by atoms with E-state index in [1.165, 1.54) is 6.08 Å². The molecule has 1 aromatic carbocycles. The molecule has 1 N–H and O–H groups in total. The van der Waals surface area contributed by atoms with Gasteiger partial charge in [-0.3, -0.25) is 0 Å². The Labute approximate surface area is 96.3 Å². The van der Waals surface area contributed by atoms with E-state index >= 15 is 0 Å². The van der Waals surface area contributed by atoms with Gasteiger partial charge in [0.05, 0.1) is 0 Å². The summed E-state index contributed by atoms with van der Waals surface area (Å²) in [5.41, 5.74) is 1.38. The van der Waals surface area contributed by atoms with Gasteiger partial charge in [0.2, 0.25) is 0 Å². The molecule has 92 valence electrons. The molecule has 0 spiro atoms. The highest BCUT2D eigenvalue weighted by molar-refractivity contribution is 5.58. The lowest BCUT2D eigenvalue weighted by atomic mass is 9.93. The van der Waals surface area contributed by atoms with Gasteiger partial charge in [-0.25, -0.2) is 0 Å². The minimum absolute atomic E-state index is 0.585. The second-order valence-electron chi connectivity index (χ2n) is 3.82. The molecule has 0 bridgehead atoms. The summed E-state index contributed by atoms with van der Waals surface area (Å²) < 4.78 is 40.7. The molecule has 17 heavy (non-hydrogen) atoms. The van der Waals surface area contributed by atoms with Crippen molar-refractivity contribution < 1.29 is 23.0 Å². The maximum atomic E-state index is 12.0. The number of fused-ring (bicyclic) bond motifs is 1. The van der Waals surface area contributed by atoms with E-state index in [4.69, 9.17) is 0 Å². The molecule has 1 aliphatic rings. The summed E-state index contributed by atoms with van der Waals surface area (Å²) in [6.07, 6.45) is -3.29. The van der Waals surface area contributed by atoms with Crippen molar-refractivity contribution in [3.05, 3.63) is 41.5 Å². The van der Waals surface area contributed by atoms with Crippen LogP contribution in [0.2, 0.25) is 0 Å². The molecule has 0 unspecified atom stereocenters. The smallest absolute Gasteiger partial charge is 0.385 e. The van der Waals surface area contributed by atoms with Crippen molar-refractivity contribution in [2.24, 2.45) is 0 Å². The van der Waals surface area contributed by atoms with Crippen LogP contribution in [0.25, 0.3) is 6.08 Å². The van der Waals surface area contributed by atoms with Gasteiger partial charge in [0.15, 0.2) is 0 Å². The fourth-order valence-corrected chi connectivity index (χ4v) is 1.75. The van der Waals surface area contributed by atoms with Gasteiger partial charge in [-0.1, -0.05) is 36.4 Å². The number of aliphatic hydroxyl groups is 1. The number of alkyl halides is 3. The molecule has 0 saturated carbocycles. The highest BCUT2D eigenvalue weighted by Crippen LogP contribution is 2.30. The molecule has 2 rings (SSSR count). The van der Waals surface area contributed by atoms with Crippen molar-refractivity contribution in [3.8, 4) is 0 Å². The Morgan fingerprint density at radius 3 is 2.65 bits per heavy atom. The Morgan fingerprint density at radius 1 is 1.24 bits per heavy atom. The van der Waals surface area contributed by atoms with E-state index in [1.807, 2.05) is 0 Å². The molecule has 0 aromatic heterocycles. The molecule has 0 heterocycles. The van der Waals surface area contributed by atoms with Gasteiger partial charge in [-0.05, 0) is 11.1 Å². The zero-order valence-corrected chi connectivity index (χ0v) is 8.82. The molecule has 0 amide bonds. The third-order valence-corrected chi connectivity index (χ3v) is 2.53. The van der Waals surface area contributed by atoms with Gasteiger partial charge in [-0.15, -0.1) is 0 Å². The zero-order chi connectivity index (χ0) is 12.5. The van der Waals surface area contributed by atoms with Crippen LogP contribution in [0.5, 0.6) is 0 Å². The minimum atomic E-state index is -4.38. The van der Waals surface area contributed by atoms with Gasteiger partial charge < -0.3 is 9.84 Å². The fourth-order valence-electron chi connectivity index (χ4n) is 1.75. The molecule has 2 nitrogen and oxygen atoms in total. The second-order valence-corrected chi connectivity index (χ2v) is 3.82. The molecule has 1 aliphatic carbocycles. The van der Waals surface area contributed by atoms with Crippen LogP contribution in [-0.2, 0) is 4.74 Å². The monoisotopic (exact) mass is 244 g/mol. The van der Waals surface area contributed by atoms with E-state index in [1.54, 1.807) is 30.3 Å². The lowest BCUT2D eigenvalue weighted by molar-refractivity contribution is -0.189. The second kappa shape index (κ2) is 4.50. The molecule has 1 aromatic rings. The van der Waals surface area contributed by atoms with Crippen molar-refractivity contribution in [1.82, 2.24) is 0 Å². The number of ether oxygens (including phenoxy) is 1. The summed E-state index contributed by atoms with van der Waals surface area (Å²) in [5.74, 6) is 0. The van der Waals surface area contributed by atoms with Crippen LogP contribution in [0.3, 0.4) is 0 Å². The van der Waals surface area contributed by atoms with Crippen LogP contribution in [0.1, 0.15) is 17.2 Å². The van der Waals surface area contributed by atoms with Gasteiger partial charge in [-0.2, -0.15) is 13.2 Å². The Morgan fingerprint density at radius 2 is 1.94 bits per heavy atom. The quantitative estimate of drug-likeness (QED) is 0.866. The summed E-state index contributed by atoms with van der Waals surface area (Å²) >= 11 is 0. The number of hydrogen-bond acceptors (Lipinski definition) is 2. The first-order valence-corrected chi connectivity index (χ1v) is 5.11. The number of benzene rings is 1. The Kier molecular flexibility index (Phi) is 3.22. The van der Waals surface area contributed by atoms with Crippen LogP contribution < -0.4 is 0 Å². The normalized spacial score (nSPS) is 23.5. The molecule has 0 fully saturated rings. The lowest BCUT2D eigenvalue weighted by Gasteiger charge is -2.26. The maximum absolute atomic E-state index is 12.0. The first-order valence-electron chi connectivity index (χ1n) is 5.11. The number of rotatable bonds is 2. The Balaban J connectivity index is 2.10. The van der Waals surface area contributed by atoms with E-state index in [2.05, 4.69) is 4.74 Å². The summed E-state index contributed by atoms with van der Waals surface area (Å²) in [6, 6.07) is 6.98. The molecule has 0 radical (unpaired) electrons. The predicted molar refractivity (Wildman–Crippen MR) is 56.2 cm³/mol. The molecular weight excluding hydrogens is 233 g/mol. The summed E-state index contributed by atoms with van der Waals surface area (Å²) in [7, 11) is 0. The summed E-state index contributed by atoms with van der Waals surface area (Å²) in [5, 5.41) is 9.87. The third-order valence-electron chi connectivity index (χ3n) is 2.53. The Hall–Kier alpha value is -1.33. The summed E-state index contributed by atoms with van der Waals surface area (Å²) in [4.78, 5) is 0. The van der Waals surface area contributed by atoms with Crippen LogP contribution in [0.4, 0.5) is 13.2 Å². The van der Waals surface area contributed by atoms with E-state index in [-0.39, 0.29) is 0 Å². The van der Waals surface area contributed by atoms with Crippen LogP contribution in [-0.4, -0.2) is 24.0 Å². The maximum Gasteiger partial charge on any atom is 0.411 e. The summed E-state index contributed by atoms with van der Waals surface area (Å²) in [6.45, 7) is -1.36. The zero-order valence-electron chi connectivity index (χ0n) is 8.82. The van der Waals surface area contributed by atoms with Crippen molar-refractivity contribution in [1.29, 1.82) is 0 Å². The number of aliphatic hydroxyl groups excluding tert-OH is 1. The van der Waals surface area contributed by atoms with Gasteiger partial charge in [0.25, 0.3) is 0 Å². The average Bonchev–Trinajstić information content (AvgIpc) is 2.27. The van der Waals surface area contributed by atoms with Crippen molar-refractivity contribution >= 4 is 6.08 Å². The lowest BCUT2D eigenvalue weighted by Crippen LogP contribution is -2.28. The first-order chi connectivity index (χ1) is 7.97. The van der Waals surface area contributed by atoms with Crippen LogP contribution >= 0.6 is 0 Å². The molecule has 5 heteroatoms. The minimum Gasteiger partial charge on any atom is -0.385 e. The van der Waals surface area contributed by atoms with Gasteiger partial charge >= 0.3 is 6.18 Å². The van der Waals surface area contributed by atoms with Crippen LogP contribution in [0.15, 0.2) is 30.3 Å². The van der Waals surface area contributed by atoms with E-state index in [9.17, 15) is 18.3 Å². The molecule has 2 atom stereocenters. The predicted octanol–water partition coefficient (Wildman–Crippen LogP) is 2.69. The van der Waals surface area contributed by atoms with E-state index in [0.717, 1.165) is 5.56 Å². The number of hydrogen-bond donors (Lipinski definition) is 1. The largest absolute Gasteiger partial charge is 0.411 e. The van der Waals surface area contributed by atoms with Gasteiger partial charge in [0.1, 0.15) is 18.8 Å². The van der Waals surface area contributed by atoms with Crippen molar-refractivity contribution in [3.63, 3.8) is 0 Å². The Bertz CT molecular complexity index is 426. The molecule has 0 aliphatic heterocycles. The standard InChI is InChI=1S/C12H11F3O2/c13-12(14,15)7-17-10-6-5-8-3-1-2-4-9(8)11(10)16/h1-6,10-11,16H,7H2/t10-,11-/m1/s1. The SMILES string of the molecule is O[C@@H]1c2ccccc2C=C[C@H]1OCC(F)(F)F. The molecular formula is C12H11F3O2. The highest BCUT2D eigenvalue weighted by atomic mass is 19.4. The highest BCUT2D eigenvalue weighted by Gasteiger charge is 2.32. The fraction of sp³-hybridized carbons (Fsp3) is 0.333. The van der Waals surface area contributed by atoms with Crippen molar-refractivity contribution in [2.75, 3.05) is 6.61 Å². The molecule has 0 saturated heterocycles. The van der Waals surface area contributed by atoms with Crippen molar-refractivity contribution in [2.45, 2.75) is 18.4 Å². The van der Waals surface area contributed by atoms with Crippen LogP contribution in [0, 0.1) is 0 Å². The van der Waals surface area contributed by atoms with E-state index in [0.29, 0.717) is 5.56 Å². The first kappa shape index (κ1) is 12.1. The third kappa shape index (κ3) is 2.87.